The molecule has 2 aliphatic heterocycles. The lowest BCUT2D eigenvalue weighted by Crippen LogP contribution is -2.64. The van der Waals surface area contributed by atoms with E-state index in [1.54, 1.807) is 0 Å². The summed E-state index contributed by atoms with van der Waals surface area (Å²) in [6.07, 6.45) is 4.27. The van der Waals surface area contributed by atoms with Gasteiger partial charge in [-0.15, -0.1) is 0 Å². The molecule has 43 heavy (non-hydrogen) atoms. The molecule has 2 heterocycles. The molecule has 0 spiro atoms. The van der Waals surface area contributed by atoms with Crippen LogP contribution in [0.4, 0.5) is 32.3 Å². The summed E-state index contributed by atoms with van der Waals surface area (Å²) >= 11 is 0. The van der Waals surface area contributed by atoms with Crippen molar-refractivity contribution in [2.24, 2.45) is 17.8 Å². The van der Waals surface area contributed by atoms with E-state index in [4.69, 9.17) is 4.74 Å². The number of nitrogens with zero attached hydrogens (tertiary/aromatic N) is 4. The smallest absolute Gasteiger partial charge is 0.450 e. The molecule has 1 saturated heterocycles. The van der Waals surface area contributed by atoms with Gasteiger partial charge in [0.25, 0.3) is 0 Å². The fraction of sp³-hybridized carbons (Fsp3) is 0.548. The largest absolute Gasteiger partial charge is 0.506 e. The van der Waals surface area contributed by atoms with E-state index < -0.39 is 21.8 Å². The maximum absolute atomic E-state index is 13.8. The highest BCUT2D eigenvalue weighted by Crippen LogP contribution is 2.57. The molecule has 5 fully saturated rings. The Morgan fingerprint density at radius 1 is 0.860 bits per heavy atom. The van der Waals surface area contributed by atoms with Crippen LogP contribution in [0.15, 0.2) is 48.5 Å². The molecule has 11 nitrogen and oxygen atoms in total. The standard InChI is InChI=1S/C31H39N5O6S/c1-43(40,41)34-12-10-33(11-13-34)24-6-8-25(9-7-24)35-14-15-36(27-5-3-2-4-26(27)35)29(37)32-28-22-16-21-17-23(28)20-31(18-21,19-22)42-30(38)39/h2-9,21-23,28H,10-20H2,1H3,(H,32,37)(H,38,39). The van der Waals surface area contributed by atoms with Crippen molar-refractivity contribution < 1.29 is 27.9 Å². The van der Waals surface area contributed by atoms with Crippen LogP contribution in [0.25, 0.3) is 0 Å². The molecule has 0 radical (unpaired) electrons. The number of nitrogens with one attached hydrogen (secondary N) is 1. The minimum absolute atomic E-state index is 0.0339. The Kier molecular flexibility index (Phi) is 6.96. The van der Waals surface area contributed by atoms with E-state index in [9.17, 15) is 23.1 Å². The first kappa shape index (κ1) is 28.3. The molecular formula is C31H39N5O6S. The Labute approximate surface area is 252 Å². The van der Waals surface area contributed by atoms with Gasteiger partial charge in [-0.25, -0.2) is 18.0 Å². The van der Waals surface area contributed by atoms with Crippen molar-refractivity contribution in [3.8, 4) is 0 Å². The summed E-state index contributed by atoms with van der Waals surface area (Å²) in [5.41, 5.74) is 3.35. The van der Waals surface area contributed by atoms with Gasteiger partial charge in [0, 0.05) is 56.7 Å². The predicted octanol–water partition coefficient (Wildman–Crippen LogP) is 4.08. The van der Waals surface area contributed by atoms with E-state index in [1.165, 1.54) is 10.6 Å². The van der Waals surface area contributed by atoms with Crippen LogP contribution in [0.2, 0.25) is 0 Å². The Hall–Kier alpha value is -3.51. The molecule has 4 aliphatic carbocycles. The SMILES string of the molecule is CS(=O)(=O)N1CCN(c2ccc(N3CCN(C(=O)NC4C5CC6CC4CC(OC(=O)O)(C6)C5)c4ccccc43)cc2)CC1. The van der Waals surface area contributed by atoms with E-state index in [-0.39, 0.29) is 23.9 Å². The van der Waals surface area contributed by atoms with Crippen LogP contribution < -0.4 is 20.0 Å². The maximum atomic E-state index is 13.8. The predicted molar refractivity (Wildman–Crippen MR) is 164 cm³/mol. The van der Waals surface area contributed by atoms with E-state index in [1.807, 2.05) is 29.2 Å². The van der Waals surface area contributed by atoms with Gasteiger partial charge in [-0.2, -0.15) is 4.31 Å². The van der Waals surface area contributed by atoms with Gasteiger partial charge in [0.2, 0.25) is 10.0 Å². The summed E-state index contributed by atoms with van der Waals surface area (Å²) < 4.78 is 30.7. The van der Waals surface area contributed by atoms with Crippen LogP contribution in [0.1, 0.15) is 32.1 Å². The average Bonchev–Trinajstić information content (AvgIpc) is 2.97. The van der Waals surface area contributed by atoms with E-state index in [0.29, 0.717) is 58.0 Å². The number of amides is 2. The van der Waals surface area contributed by atoms with E-state index in [2.05, 4.69) is 39.4 Å². The van der Waals surface area contributed by atoms with Crippen molar-refractivity contribution >= 4 is 45.0 Å². The van der Waals surface area contributed by atoms with Crippen molar-refractivity contribution in [2.45, 2.75) is 43.7 Å². The lowest BCUT2D eigenvalue weighted by atomic mass is 9.52. The Morgan fingerprint density at radius 2 is 1.49 bits per heavy atom. The van der Waals surface area contributed by atoms with Crippen molar-refractivity contribution in [2.75, 3.05) is 60.2 Å². The van der Waals surface area contributed by atoms with Gasteiger partial charge in [0.15, 0.2) is 0 Å². The van der Waals surface area contributed by atoms with Gasteiger partial charge >= 0.3 is 12.2 Å². The summed E-state index contributed by atoms with van der Waals surface area (Å²) in [4.78, 5) is 31.5. The molecule has 6 aliphatic rings. The third-order valence-electron chi connectivity index (χ3n) is 10.3. The van der Waals surface area contributed by atoms with Crippen LogP contribution in [-0.4, -0.2) is 87.2 Å². The van der Waals surface area contributed by atoms with Gasteiger partial charge in [-0.1, -0.05) is 12.1 Å². The zero-order valence-electron chi connectivity index (χ0n) is 24.4. The number of carbonyl (C=O) groups excluding carboxylic acids is 1. The molecule has 2 aromatic carbocycles. The third-order valence-corrected chi connectivity index (χ3v) is 11.6. The lowest BCUT2D eigenvalue weighted by Gasteiger charge is -2.58. The second kappa shape index (κ2) is 10.6. The molecule has 0 aromatic heterocycles. The summed E-state index contributed by atoms with van der Waals surface area (Å²) in [7, 11) is -3.17. The van der Waals surface area contributed by atoms with Crippen LogP contribution in [0.3, 0.4) is 0 Å². The van der Waals surface area contributed by atoms with Crippen molar-refractivity contribution in [3.05, 3.63) is 48.5 Å². The summed E-state index contributed by atoms with van der Waals surface area (Å²) in [5.74, 6) is 0.940. The van der Waals surface area contributed by atoms with Crippen molar-refractivity contribution in [1.29, 1.82) is 0 Å². The lowest BCUT2D eigenvalue weighted by molar-refractivity contribution is -0.147. The molecular weight excluding hydrogens is 570 g/mol. The Balaban J connectivity index is 1.04. The van der Waals surface area contributed by atoms with Gasteiger partial charge in [-0.3, -0.25) is 4.90 Å². The highest BCUT2D eigenvalue weighted by Gasteiger charge is 2.58. The van der Waals surface area contributed by atoms with Gasteiger partial charge in [-0.05, 0) is 86.3 Å². The number of benzene rings is 2. The number of piperazine rings is 1. The number of hydrogen-bond acceptors (Lipinski definition) is 7. The minimum Gasteiger partial charge on any atom is -0.450 e. The first-order chi connectivity index (χ1) is 20.6. The Morgan fingerprint density at radius 3 is 2.12 bits per heavy atom. The fourth-order valence-electron chi connectivity index (χ4n) is 8.68. The molecule has 2 unspecified atom stereocenters. The number of carboxylic acid groups (broad SMARTS) is 1. The number of para-hydroxylation sites is 2. The zero-order chi connectivity index (χ0) is 29.9. The van der Waals surface area contributed by atoms with Crippen LogP contribution >= 0.6 is 0 Å². The quantitative estimate of drug-likeness (QED) is 0.487. The molecule has 2 aromatic rings. The van der Waals surface area contributed by atoms with Crippen molar-refractivity contribution in [1.82, 2.24) is 9.62 Å². The maximum Gasteiger partial charge on any atom is 0.506 e. The number of hydrogen-bond donors (Lipinski definition) is 2. The molecule has 2 atom stereocenters. The summed E-state index contributed by atoms with van der Waals surface area (Å²) in [6.45, 7) is 3.45. The molecule has 230 valence electrons. The summed E-state index contributed by atoms with van der Waals surface area (Å²) in [5, 5.41) is 12.7. The number of fused-ring (bicyclic) bond motifs is 1. The number of carbonyl (C=O) groups is 2. The highest BCUT2D eigenvalue weighted by atomic mass is 32.2. The van der Waals surface area contributed by atoms with Crippen LogP contribution in [0, 0.1) is 17.8 Å². The van der Waals surface area contributed by atoms with Gasteiger partial charge < -0.3 is 25.0 Å². The van der Waals surface area contributed by atoms with Gasteiger partial charge in [0.1, 0.15) is 5.60 Å². The molecule has 8 rings (SSSR count). The van der Waals surface area contributed by atoms with E-state index in [0.717, 1.165) is 42.0 Å². The average molecular weight is 610 g/mol. The number of sulfonamides is 1. The first-order valence-corrected chi connectivity index (χ1v) is 17.1. The second-order valence-corrected chi connectivity index (χ2v) is 14.9. The highest BCUT2D eigenvalue weighted by molar-refractivity contribution is 7.88. The number of rotatable bonds is 5. The third kappa shape index (κ3) is 5.28. The zero-order valence-corrected chi connectivity index (χ0v) is 25.2. The van der Waals surface area contributed by atoms with Gasteiger partial charge in [0.05, 0.1) is 17.6 Å². The van der Waals surface area contributed by atoms with Crippen LogP contribution in [-0.2, 0) is 14.8 Å². The number of anilines is 4. The van der Waals surface area contributed by atoms with E-state index >= 15 is 0 Å². The number of urea groups is 1. The first-order valence-electron chi connectivity index (χ1n) is 15.3. The normalized spacial score (nSPS) is 30.2. The van der Waals surface area contributed by atoms with Crippen LogP contribution in [0.5, 0.6) is 0 Å². The minimum atomic E-state index is -3.17. The molecule has 12 heteroatoms. The summed E-state index contributed by atoms with van der Waals surface area (Å²) in [6, 6.07) is 16.3. The van der Waals surface area contributed by atoms with Crippen molar-refractivity contribution in [3.63, 3.8) is 0 Å². The monoisotopic (exact) mass is 609 g/mol. The second-order valence-electron chi connectivity index (χ2n) is 13.0. The molecule has 2 N–H and O–H groups in total. The molecule has 2 amide bonds. The molecule has 4 saturated carbocycles. The number of ether oxygens (including phenoxy) is 1. The Bertz CT molecular complexity index is 1490. The molecule has 4 bridgehead atoms. The topological polar surface area (TPSA) is 123 Å². The fourth-order valence-corrected chi connectivity index (χ4v) is 9.50.